The number of nitrogens with zero attached hydrogens (tertiary/aromatic N) is 2. The van der Waals surface area contributed by atoms with Crippen molar-refractivity contribution in [2.45, 2.75) is 45.6 Å². The molecule has 1 aliphatic heterocycles. The van der Waals surface area contributed by atoms with Crippen LogP contribution in [0.2, 0.25) is 0 Å². The van der Waals surface area contributed by atoms with Crippen molar-refractivity contribution in [3.8, 4) is 0 Å². The fourth-order valence-electron chi connectivity index (χ4n) is 2.21. The first-order valence-corrected chi connectivity index (χ1v) is 6.58. The van der Waals surface area contributed by atoms with Gasteiger partial charge in [-0.3, -0.25) is 19.3 Å². The zero-order chi connectivity index (χ0) is 15.5. The Hall–Kier alpha value is -1.92. The van der Waals surface area contributed by atoms with E-state index in [0.717, 1.165) is 4.90 Å². The lowest BCUT2D eigenvalue weighted by atomic mass is 10.0. The van der Waals surface area contributed by atoms with Crippen molar-refractivity contribution in [3.63, 3.8) is 0 Å². The number of likely N-dealkylation sites (tertiary alicyclic amines) is 1. The molecule has 1 fully saturated rings. The molecule has 0 aromatic heterocycles. The molecule has 0 unspecified atom stereocenters. The molecule has 112 valence electrons. The molecule has 1 saturated heterocycles. The van der Waals surface area contributed by atoms with Gasteiger partial charge < -0.3 is 10.0 Å². The number of carbonyl (C=O) groups is 4. The Bertz CT molecular complexity index is 428. The lowest BCUT2D eigenvalue weighted by Gasteiger charge is -2.34. The van der Waals surface area contributed by atoms with Gasteiger partial charge in [-0.15, -0.1) is 0 Å². The topological polar surface area (TPSA) is 95.0 Å². The van der Waals surface area contributed by atoms with E-state index in [0.29, 0.717) is 0 Å². The van der Waals surface area contributed by atoms with Crippen molar-refractivity contribution in [2.75, 3.05) is 13.1 Å². The largest absolute Gasteiger partial charge is 0.480 e. The van der Waals surface area contributed by atoms with Crippen LogP contribution < -0.4 is 0 Å². The molecule has 7 heteroatoms. The van der Waals surface area contributed by atoms with Crippen molar-refractivity contribution >= 4 is 23.7 Å². The Balaban J connectivity index is 2.67. The van der Waals surface area contributed by atoms with Gasteiger partial charge in [-0.05, 0) is 20.8 Å². The average Bonchev–Trinajstić information content (AvgIpc) is 2.67. The minimum Gasteiger partial charge on any atom is -0.480 e. The van der Waals surface area contributed by atoms with Gasteiger partial charge in [0.1, 0.15) is 5.54 Å². The SMILES string of the molecule is CCN(C(=O)CCN1C(=O)CCC1=O)C(C)(C)C(=O)O. The van der Waals surface area contributed by atoms with Gasteiger partial charge in [0, 0.05) is 32.4 Å². The summed E-state index contributed by atoms with van der Waals surface area (Å²) in [5.41, 5.74) is -1.31. The molecule has 0 radical (unpaired) electrons. The first-order valence-electron chi connectivity index (χ1n) is 6.58. The van der Waals surface area contributed by atoms with E-state index in [1.165, 1.54) is 18.7 Å². The van der Waals surface area contributed by atoms with Crippen molar-refractivity contribution in [1.82, 2.24) is 9.80 Å². The standard InChI is InChI=1S/C13H20N2O5/c1-4-15(13(2,3)12(19)20)11(18)7-8-14-9(16)5-6-10(14)17/h4-8H2,1-3H3,(H,19,20). The summed E-state index contributed by atoms with van der Waals surface area (Å²) in [6.07, 6.45) is 0.318. The molecular formula is C13H20N2O5. The summed E-state index contributed by atoms with van der Waals surface area (Å²) in [6.45, 7) is 4.85. The molecule has 1 heterocycles. The molecule has 0 spiro atoms. The molecule has 0 aromatic carbocycles. The normalized spacial score (nSPS) is 15.7. The number of hydrogen-bond donors (Lipinski definition) is 1. The van der Waals surface area contributed by atoms with Crippen LogP contribution in [0.5, 0.6) is 0 Å². The van der Waals surface area contributed by atoms with Gasteiger partial charge in [-0.25, -0.2) is 4.79 Å². The summed E-state index contributed by atoms with van der Waals surface area (Å²) in [5, 5.41) is 9.14. The molecule has 3 amide bonds. The van der Waals surface area contributed by atoms with Crippen LogP contribution in [-0.2, 0) is 19.2 Å². The van der Waals surface area contributed by atoms with Crippen molar-refractivity contribution in [2.24, 2.45) is 0 Å². The highest BCUT2D eigenvalue weighted by atomic mass is 16.4. The number of carboxylic acid groups (broad SMARTS) is 1. The van der Waals surface area contributed by atoms with Crippen molar-refractivity contribution < 1.29 is 24.3 Å². The first-order chi connectivity index (χ1) is 9.21. The molecule has 0 bridgehead atoms. The highest BCUT2D eigenvalue weighted by molar-refractivity contribution is 6.02. The highest BCUT2D eigenvalue weighted by Crippen LogP contribution is 2.17. The van der Waals surface area contributed by atoms with Gasteiger partial charge in [-0.2, -0.15) is 0 Å². The summed E-state index contributed by atoms with van der Waals surface area (Å²) >= 11 is 0. The quantitative estimate of drug-likeness (QED) is 0.705. The Labute approximate surface area is 117 Å². The van der Waals surface area contributed by atoms with Gasteiger partial charge in [0.2, 0.25) is 17.7 Å². The number of hydrogen-bond acceptors (Lipinski definition) is 4. The summed E-state index contributed by atoms with van der Waals surface area (Å²) in [4.78, 5) is 48.4. The number of amides is 3. The smallest absolute Gasteiger partial charge is 0.329 e. The summed E-state index contributed by atoms with van der Waals surface area (Å²) in [5.74, 6) is -2.03. The van der Waals surface area contributed by atoms with E-state index in [1.54, 1.807) is 6.92 Å². The number of carboxylic acids is 1. The van der Waals surface area contributed by atoms with Gasteiger partial charge in [0.15, 0.2) is 0 Å². The molecule has 20 heavy (non-hydrogen) atoms. The van der Waals surface area contributed by atoms with Crippen LogP contribution in [0.3, 0.4) is 0 Å². The number of rotatable bonds is 6. The monoisotopic (exact) mass is 284 g/mol. The van der Waals surface area contributed by atoms with Crippen molar-refractivity contribution in [3.05, 3.63) is 0 Å². The van der Waals surface area contributed by atoms with Crippen LogP contribution in [0.25, 0.3) is 0 Å². The molecule has 0 aliphatic carbocycles. The second-order valence-electron chi connectivity index (χ2n) is 5.19. The minimum absolute atomic E-state index is 0.0166. The molecule has 0 saturated carbocycles. The molecule has 1 aliphatic rings. The van der Waals surface area contributed by atoms with Crippen LogP contribution in [0.1, 0.15) is 40.0 Å². The van der Waals surface area contributed by atoms with E-state index < -0.39 is 11.5 Å². The third-order valence-corrected chi connectivity index (χ3v) is 3.52. The number of aliphatic carboxylic acids is 1. The molecular weight excluding hydrogens is 264 g/mol. The fourth-order valence-corrected chi connectivity index (χ4v) is 2.21. The third-order valence-electron chi connectivity index (χ3n) is 3.52. The Kier molecular flexibility index (Phi) is 4.86. The minimum atomic E-state index is -1.31. The maximum absolute atomic E-state index is 12.1. The second kappa shape index (κ2) is 6.02. The van der Waals surface area contributed by atoms with E-state index in [4.69, 9.17) is 5.11 Å². The fraction of sp³-hybridized carbons (Fsp3) is 0.692. The predicted octanol–water partition coefficient (Wildman–Crippen LogP) is 0.237. The molecule has 0 atom stereocenters. The van der Waals surface area contributed by atoms with E-state index in [9.17, 15) is 19.2 Å². The highest BCUT2D eigenvalue weighted by Gasteiger charge is 2.37. The molecule has 1 N–H and O–H groups in total. The number of likely N-dealkylation sites (N-methyl/N-ethyl adjacent to an activating group) is 1. The van der Waals surface area contributed by atoms with Crippen LogP contribution >= 0.6 is 0 Å². The van der Waals surface area contributed by atoms with Gasteiger partial charge in [0.25, 0.3) is 0 Å². The van der Waals surface area contributed by atoms with Gasteiger partial charge >= 0.3 is 5.97 Å². The summed E-state index contributed by atoms with van der Waals surface area (Å²) in [7, 11) is 0. The van der Waals surface area contributed by atoms with Crippen LogP contribution in [-0.4, -0.2) is 57.2 Å². The van der Waals surface area contributed by atoms with E-state index >= 15 is 0 Å². The maximum atomic E-state index is 12.1. The Morgan fingerprint density at radius 3 is 2.15 bits per heavy atom. The van der Waals surface area contributed by atoms with Crippen LogP contribution in [0, 0.1) is 0 Å². The Morgan fingerprint density at radius 2 is 1.75 bits per heavy atom. The predicted molar refractivity (Wildman–Crippen MR) is 69.7 cm³/mol. The zero-order valence-electron chi connectivity index (χ0n) is 12.0. The lowest BCUT2D eigenvalue weighted by molar-refractivity contribution is -0.157. The number of carbonyl (C=O) groups excluding carboxylic acids is 3. The molecule has 7 nitrogen and oxygen atoms in total. The van der Waals surface area contributed by atoms with Crippen LogP contribution in [0.15, 0.2) is 0 Å². The summed E-state index contributed by atoms with van der Waals surface area (Å²) in [6, 6.07) is 0. The van der Waals surface area contributed by atoms with Gasteiger partial charge in [-0.1, -0.05) is 0 Å². The Morgan fingerprint density at radius 1 is 1.25 bits per heavy atom. The van der Waals surface area contributed by atoms with E-state index in [-0.39, 0.29) is 50.1 Å². The molecule has 1 rings (SSSR count). The average molecular weight is 284 g/mol. The summed E-state index contributed by atoms with van der Waals surface area (Å²) < 4.78 is 0. The van der Waals surface area contributed by atoms with Gasteiger partial charge in [0.05, 0.1) is 0 Å². The first kappa shape index (κ1) is 16.1. The number of imide groups is 1. The molecule has 0 aromatic rings. The zero-order valence-corrected chi connectivity index (χ0v) is 12.0. The van der Waals surface area contributed by atoms with Crippen LogP contribution in [0.4, 0.5) is 0 Å². The third kappa shape index (κ3) is 3.15. The van der Waals surface area contributed by atoms with Crippen molar-refractivity contribution in [1.29, 1.82) is 0 Å². The second-order valence-corrected chi connectivity index (χ2v) is 5.19. The lowest BCUT2D eigenvalue weighted by Crippen LogP contribution is -2.53. The maximum Gasteiger partial charge on any atom is 0.329 e. The van der Waals surface area contributed by atoms with E-state index in [1.807, 2.05) is 0 Å². The van der Waals surface area contributed by atoms with E-state index in [2.05, 4.69) is 0 Å².